The predicted molar refractivity (Wildman–Crippen MR) is 89.9 cm³/mol. The van der Waals surface area contributed by atoms with Crippen LogP contribution in [0.25, 0.3) is 10.7 Å². The average Bonchev–Trinajstić information content (AvgIpc) is 3.14. The zero-order chi connectivity index (χ0) is 15.5. The van der Waals surface area contributed by atoms with Gasteiger partial charge in [-0.15, -0.1) is 16.4 Å². The molecular formula is C15H20N4OS2. The fourth-order valence-corrected chi connectivity index (χ4v) is 4.28. The number of hydrogen-bond donors (Lipinski definition) is 1. The van der Waals surface area contributed by atoms with Gasteiger partial charge in [0.25, 0.3) is 0 Å². The van der Waals surface area contributed by atoms with Gasteiger partial charge in [-0.3, -0.25) is 9.89 Å². The van der Waals surface area contributed by atoms with Crippen LogP contribution in [-0.2, 0) is 4.79 Å². The average molecular weight is 336 g/mol. The van der Waals surface area contributed by atoms with Crippen molar-refractivity contribution in [2.75, 3.05) is 18.8 Å². The Morgan fingerprint density at radius 2 is 2.23 bits per heavy atom. The molecule has 0 saturated carbocycles. The van der Waals surface area contributed by atoms with Crippen LogP contribution in [-0.4, -0.2) is 44.8 Å². The number of hydrogen-bond acceptors (Lipinski definition) is 5. The van der Waals surface area contributed by atoms with Gasteiger partial charge < -0.3 is 4.90 Å². The summed E-state index contributed by atoms with van der Waals surface area (Å²) in [7, 11) is 0. The van der Waals surface area contributed by atoms with Gasteiger partial charge in [0.2, 0.25) is 11.1 Å². The summed E-state index contributed by atoms with van der Waals surface area (Å²) in [5.41, 5.74) is 0. The minimum absolute atomic E-state index is 0.186. The van der Waals surface area contributed by atoms with Crippen LogP contribution < -0.4 is 0 Å². The van der Waals surface area contributed by atoms with Gasteiger partial charge in [0, 0.05) is 13.1 Å². The molecule has 2 aromatic rings. The van der Waals surface area contributed by atoms with E-state index in [1.807, 2.05) is 22.4 Å². The molecule has 0 radical (unpaired) electrons. The van der Waals surface area contributed by atoms with Crippen molar-refractivity contribution in [1.82, 2.24) is 20.1 Å². The van der Waals surface area contributed by atoms with Gasteiger partial charge in [-0.05, 0) is 29.7 Å². The first kappa shape index (κ1) is 15.6. The van der Waals surface area contributed by atoms with Crippen molar-refractivity contribution in [2.24, 2.45) is 11.8 Å². The van der Waals surface area contributed by atoms with Crippen molar-refractivity contribution in [3.05, 3.63) is 17.5 Å². The molecule has 1 aliphatic rings. The highest BCUT2D eigenvalue weighted by Crippen LogP contribution is 2.25. The zero-order valence-corrected chi connectivity index (χ0v) is 14.4. The second-order valence-corrected chi connectivity index (χ2v) is 7.87. The Hall–Kier alpha value is -1.34. The zero-order valence-electron chi connectivity index (χ0n) is 12.8. The second-order valence-electron chi connectivity index (χ2n) is 5.98. The lowest BCUT2D eigenvalue weighted by atomic mass is 9.92. The molecule has 0 aliphatic carbocycles. The lowest BCUT2D eigenvalue weighted by Crippen LogP contribution is -2.43. The molecule has 1 aliphatic heterocycles. The Labute approximate surface area is 138 Å². The number of amides is 1. The molecule has 1 N–H and O–H groups in total. The molecule has 1 saturated heterocycles. The maximum absolute atomic E-state index is 12.3. The first-order valence-corrected chi connectivity index (χ1v) is 9.35. The van der Waals surface area contributed by atoms with E-state index in [0.29, 0.717) is 22.7 Å². The Morgan fingerprint density at radius 1 is 1.45 bits per heavy atom. The largest absolute Gasteiger partial charge is 0.341 e. The van der Waals surface area contributed by atoms with Gasteiger partial charge in [-0.25, -0.2) is 4.98 Å². The quantitative estimate of drug-likeness (QED) is 0.871. The molecule has 3 rings (SSSR count). The standard InChI is InChI=1S/C15H20N4OS2/c1-10-6-11(2)8-19(7-10)13(20)9-22-15-16-14(17-18-15)12-4-3-5-21-12/h3-5,10-11H,6-9H2,1-2H3,(H,16,17,18). The molecule has 1 fully saturated rings. The number of likely N-dealkylation sites (tertiary alicyclic amines) is 1. The fraction of sp³-hybridized carbons (Fsp3) is 0.533. The van der Waals surface area contributed by atoms with Gasteiger partial charge in [0.05, 0.1) is 10.6 Å². The minimum Gasteiger partial charge on any atom is -0.341 e. The topological polar surface area (TPSA) is 61.9 Å². The number of thioether (sulfide) groups is 1. The number of thiophene rings is 1. The SMILES string of the molecule is CC1CC(C)CN(C(=O)CSc2n[nH]c(-c3cccs3)n2)C1. The number of nitrogens with zero attached hydrogens (tertiary/aromatic N) is 3. The maximum Gasteiger partial charge on any atom is 0.233 e. The van der Waals surface area contributed by atoms with E-state index in [9.17, 15) is 4.79 Å². The van der Waals surface area contributed by atoms with E-state index >= 15 is 0 Å². The van der Waals surface area contributed by atoms with Crippen LogP contribution in [0.15, 0.2) is 22.7 Å². The third kappa shape index (κ3) is 3.70. The lowest BCUT2D eigenvalue weighted by Gasteiger charge is -2.34. The van der Waals surface area contributed by atoms with E-state index in [4.69, 9.17) is 0 Å². The van der Waals surface area contributed by atoms with E-state index in [-0.39, 0.29) is 5.91 Å². The molecular weight excluding hydrogens is 316 g/mol. The van der Waals surface area contributed by atoms with Crippen molar-refractivity contribution in [3.8, 4) is 10.7 Å². The van der Waals surface area contributed by atoms with Gasteiger partial charge in [-0.1, -0.05) is 31.7 Å². The molecule has 2 atom stereocenters. The summed E-state index contributed by atoms with van der Waals surface area (Å²) < 4.78 is 0. The number of aromatic nitrogens is 3. The highest BCUT2D eigenvalue weighted by Gasteiger charge is 2.25. The number of H-pyrrole nitrogens is 1. The third-order valence-electron chi connectivity index (χ3n) is 3.77. The molecule has 0 bridgehead atoms. The van der Waals surface area contributed by atoms with Gasteiger partial charge in [0.1, 0.15) is 0 Å². The van der Waals surface area contributed by atoms with Crippen LogP contribution in [0.1, 0.15) is 20.3 Å². The van der Waals surface area contributed by atoms with E-state index < -0.39 is 0 Å². The summed E-state index contributed by atoms with van der Waals surface area (Å²) >= 11 is 3.02. The first-order valence-electron chi connectivity index (χ1n) is 7.48. The summed E-state index contributed by atoms with van der Waals surface area (Å²) in [4.78, 5) is 19.8. The Morgan fingerprint density at radius 3 is 2.91 bits per heavy atom. The molecule has 2 aromatic heterocycles. The summed E-state index contributed by atoms with van der Waals surface area (Å²) in [6, 6.07) is 3.98. The molecule has 22 heavy (non-hydrogen) atoms. The highest BCUT2D eigenvalue weighted by atomic mass is 32.2. The van der Waals surface area contributed by atoms with Gasteiger partial charge in [-0.2, -0.15) is 0 Å². The molecule has 3 heterocycles. The number of piperidine rings is 1. The molecule has 1 amide bonds. The monoisotopic (exact) mass is 336 g/mol. The van der Waals surface area contributed by atoms with Crippen molar-refractivity contribution >= 4 is 29.0 Å². The summed E-state index contributed by atoms with van der Waals surface area (Å²) in [6.45, 7) is 6.17. The molecule has 2 unspecified atom stereocenters. The van der Waals surface area contributed by atoms with E-state index in [2.05, 4.69) is 29.0 Å². The smallest absolute Gasteiger partial charge is 0.233 e. The summed E-state index contributed by atoms with van der Waals surface area (Å²) in [5.74, 6) is 2.54. The third-order valence-corrected chi connectivity index (χ3v) is 5.47. The number of rotatable bonds is 4. The predicted octanol–water partition coefficient (Wildman–Crippen LogP) is 3.13. The van der Waals surface area contributed by atoms with E-state index in [1.54, 1.807) is 11.3 Å². The van der Waals surface area contributed by atoms with E-state index in [1.165, 1.54) is 18.2 Å². The van der Waals surface area contributed by atoms with Crippen LogP contribution >= 0.6 is 23.1 Å². The van der Waals surface area contributed by atoms with Crippen LogP contribution in [0, 0.1) is 11.8 Å². The second kappa shape index (κ2) is 6.83. The molecule has 7 heteroatoms. The van der Waals surface area contributed by atoms with Crippen LogP contribution in [0.3, 0.4) is 0 Å². The number of nitrogens with one attached hydrogen (secondary N) is 1. The molecule has 0 aromatic carbocycles. The summed E-state index contributed by atoms with van der Waals surface area (Å²) in [5, 5.41) is 9.75. The Bertz CT molecular complexity index is 615. The molecule has 0 spiro atoms. The maximum atomic E-state index is 12.3. The molecule has 118 valence electrons. The summed E-state index contributed by atoms with van der Waals surface area (Å²) in [6.07, 6.45) is 1.21. The van der Waals surface area contributed by atoms with Crippen LogP contribution in [0.4, 0.5) is 0 Å². The number of carbonyl (C=O) groups is 1. The minimum atomic E-state index is 0.186. The van der Waals surface area contributed by atoms with E-state index in [0.717, 1.165) is 23.8 Å². The van der Waals surface area contributed by atoms with Crippen molar-refractivity contribution in [2.45, 2.75) is 25.4 Å². The molecule has 5 nitrogen and oxygen atoms in total. The highest BCUT2D eigenvalue weighted by molar-refractivity contribution is 7.99. The van der Waals surface area contributed by atoms with Crippen molar-refractivity contribution < 1.29 is 4.79 Å². The van der Waals surface area contributed by atoms with Gasteiger partial charge >= 0.3 is 0 Å². The number of carbonyl (C=O) groups excluding carboxylic acids is 1. The lowest BCUT2D eigenvalue weighted by molar-refractivity contribution is -0.130. The Kier molecular flexibility index (Phi) is 4.83. The van der Waals surface area contributed by atoms with Crippen LogP contribution in [0.5, 0.6) is 0 Å². The number of aromatic amines is 1. The fourth-order valence-electron chi connectivity index (χ4n) is 2.92. The van der Waals surface area contributed by atoms with Gasteiger partial charge in [0.15, 0.2) is 5.82 Å². The van der Waals surface area contributed by atoms with Crippen LogP contribution in [0.2, 0.25) is 0 Å². The first-order chi connectivity index (χ1) is 10.6. The Balaban J connectivity index is 1.55. The van der Waals surface area contributed by atoms with Crippen molar-refractivity contribution in [1.29, 1.82) is 0 Å². The van der Waals surface area contributed by atoms with Crippen molar-refractivity contribution in [3.63, 3.8) is 0 Å². The normalized spacial score (nSPS) is 22.0.